The van der Waals surface area contributed by atoms with E-state index in [9.17, 15) is 14.4 Å². The Morgan fingerprint density at radius 1 is 0.247 bits per heavy atom. The Labute approximate surface area is 506 Å². The topological polar surface area (TPSA) is 78.9 Å². The van der Waals surface area contributed by atoms with E-state index in [0.717, 1.165) is 77.0 Å². The Balaban J connectivity index is 4.30. The van der Waals surface area contributed by atoms with Crippen LogP contribution in [0.5, 0.6) is 0 Å². The zero-order valence-corrected chi connectivity index (χ0v) is 54.8. The summed E-state index contributed by atoms with van der Waals surface area (Å²) in [6.07, 6.45) is 87.4. The van der Waals surface area contributed by atoms with E-state index in [0.29, 0.717) is 19.3 Å². The minimum absolute atomic E-state index is 0.0702. The van der Waals surface area contributed by atoms with Crippen LogP contribution < -0.4 is 0 Å². The SMILES string of the molecule is CCCCC/C=C\C/C=C\C/C=C\CCCCCCCCC(=O)OCC(COC(=O)CCCCCCCCCCCCCCCCCCCCCCCCCC)OC(=O)CCCCCCCCCCCCCCCCCCCCCC. The summed E-state index contributed by atoms with van der Waals surface area (Å²) in [6.45, 7) is 6.69. The highest BCUT2D eigenvalue weighted by molar-refractivity contribution is 5.71. The number of hydrogen-bond donors (Lipinski definition) is 0. The van der Waals surface area contributed by atoms with Gasteiger partial charge in [-0.1, -0.05) is 365 Å². The van der Waals surface area contributed by atoms with Crippen molar-refractivity contribution in [1.29, 1.82) is 0 Å². The van der Waals surface area contributed by atoms with Gasteiger partial charge in [0.1, 0.15) is 13.2 Å². The molecule has 0 aromatic carbocycles. The average Bonchev–Trinajstić information content (AvgIpc) is 3.47. The Kier molecular flexibility index (Phi) is 68.1. The molecule has 0 rings (SSSR count). The van der Waals surface area contributed by atoms with Crippen molar-refractivity contribution in [2.24, 2.45) is 0 Å². The first-order chi connectivity index (χ1) is 40.0. The summed E-state index contributed by atoms with van der Waals surface area (Å²) in [5, 5.41) is 0. The second kappa shape index (κ2) is 70.1. The van der Waals surface area contributed by atoms with Crippen LogP contribution in [0, 0.1) is 0 Å². The highest BCUT2D eigenvalue weighted by atomic mass is 16.6. The Bertz CT molecular complexity index is 1350. The fourth-order valence-electron chi connectivity index (χ4n) is 11.2. The maximum absolute atomic E-state index is 13.0. The highest BCUT2D eigenvalue weighted by Crippen LogP contribution is 2.19. The summed E-state index contributed by atoms with van der Waals surface area (Å²) < 4.78 is 17.0. The van der Waals surface area contributed by atoms with Crippen molar-refractivity contribution in [3.8, 4) is 0 Å². The van der Waals surface area contributed by atoms with Crippen molar-refractivity contribution in [1.82, 2.24) is 0 Å². The summed E-state index contributed by atoms with van der Waals surface area (Å²) in [4.78, 5) is 38.5. The fraction of sp³-hybridized carbons (Fsp3) is 0.880. The molecule has 0 spiro atoms. The van der Waals surface area contributed by atoms with Gasteiger partial charge in [-0.25, -0.2) is 0 Å². The maximum Gasteiger partial charge on any atom is 0.306 e. The number of unbranched alkanes of at least 4 members (excludes halogenated alkanes) is 51. The summed E-state index contributed by atoms with van der Waals surface area (Å²) in [5.41, 5.74) is 0. The van der Waals surface area contributed by atoms with Crippen molar-refractivity contribution in [3.63, 3.8) is 0 Å². The van der Waals surface area contributed by atoms with Crippen LogP contribution in [0.4, 0.5) is 0 Å². The molecule has 0 radical (unpaired) electrons. The molecule has 0 saturated heterocycles. The number of hydrogen-bond acceptors (Lipinski definition) is 6. The van der Waals surface area contributed by atoms with E-state index in [1.807, 2.05) is 0 Å². The third kappa shape index (κ3) is 68.3. The zero-order valence-electron chi connectivity index (χ0n) is 54.8. The van der Waals surface area contributed by atoms with Gasteiger partial charge in [-0.15, -0.1) is 0 Å². The van der Waals surface area contributed by atoms with Crippen molar-refractivity contribution < 1.29 is 28.6 Å². The molecule has 0 bridgehead atoms. The van der Waals surface area contributed by atoms with Crippen LogP contribution in [0.1, 0.15) is 406 Å². The zero-order chi connectivity index (χ0) is 58.5. The smallest absolute Gasteiger partial charge is 0.306 e. The largest absolute Gasteiger partial charge is 0.462 e. The molecule has 0 saturated carbocycles. The van der Waals surface area contributed by atoms with Crippen LogP contribution in [0.3, 0.4) is 0 Å². The molecule has 0 heterocycles. The van der Waals surface area contributed by atoms with Gasteiger partial charge in [0.2, 0.25) is 0 Å². The molecule has 0 fully saturated rings. The molecular weight excluding hydrogens is 997 g/mol. The van der Waals surface area contributed by atoms with Gasteiger partial charge < -0.3 is 14.2 Å². The first kappa shape index (κ1) is 78.6. The molecule has 0 aromatic rings. The van der Waals surface area contributed by atoms with E-state index in [-0.39, 0.29) is 31.1 Å². The van der Waals surface area contributed by atoms with Crippen LogP contribution in [0.2, 0.25) is 0 Å². The van der Waals surface area contributed by atoms with Gasteiger partial charge >= 0.3 is 17.9 Å². The molecule has 0 aliphatic heterocycles. The predicted molar refractivity (Wildman–Crippen MR) is 353 cm³/mol. The van der Waals surface area contributed by atoms with Crippen molar-refractivity contribution in [2.75, 3.05) is 13.2 Å². The predicted octanol–water partition coefficient (Wildman–Crippen LogP) is 25.1. The number of rotatable bonds is 68. The Morgan fingerprint density at radius 2 is 0.444 bits per heavy atom. The van der Waals surface area contributed by atoms with Crippen LogP contribution in [0.15, 0.2) is 36.5 Å². The molecule has 1 unspecified atom stereocenters. The summed E-state index contributed by atoms with van der Waals surface area (Å²) in [5.74, 6) is -0.849. The molecule has 476 valence electrons. The molecule has 6 nitrogen and oxygen atoms in total. The number of allylic oxidation sites excluding steroid dienone is 6. The second-order valence-electron chi connectivity index (χ2n) is 24.9. The minimum Gasteiger partial charge on any atom is -0.462 e. The van der Waals surface area contributed by atoms with Crippen LogP contribution >= 0.6 is 0 Å². The number of ether oxygens (including phenoxy) is 3. The molecule has 81 heavy (non-hydrogen) atoms. The highest BCUT2D eigenvalue weighted by Gasteiger charge is 2.19. The van der Waals surface area contributed by atoms with Gasteiger partial charge in [0.15, 0.2) is 6.10 Å². The molecular formula is C75H140O6. The Hall–Kier alpha value is -2.37. The van der Waals surface area contributed by atoms with Gasteiger partial charge in [-0.2, -0.15) is 0 Å². The normalized spacial score (nSPS) is 12.2. The van der Waals surface area contributed by atoms with E-state index >= 15 is 0 Å². The Morgan fingerprint density at radius 3 is 0.716 bits per heavy atom. The van der Waals surface area contributed by atoms with E-state index < -0.39 is 6.10 Å². The number of esters is 3. The first-order valence-corrected chi connectivity index (χ1v) is 36.5. The summed E-state index contributed by atoms with van der Waals surface area (Å²) in [6, 6.07) is 0. The van der Waals surface area contributed by atoms with Gasteiger partial charge in [0.05, 0.1) is 0 Å². The maximum atomic E-state index is 13.0. The quantitative estimate of drug-likeness (QED) is 0.0261. The van der Waals surface area contributed by atoms with Gasteiger partial charge in [-0.05, 0) is 57.8 Å². The fourth-order valence-corrected chi connectivity index (χ4v) is 11.2. The van der Waals surface area contributed by atoms with Gasteiger partial charge in [-0.3, -0.25) is 14.4 Å². The minimum atomic E-state index is -0.776. The summed E-state index contributed by atoms with van der Waals surface area (Å²) >= 11 is 0. The molecule has 0 aliphatic rings. The lowest BCUT2D eigenvalue weighted by molar-refractivity contribution is -0.167. The number of carbonyl (C=O) groups is 3. The molecule has 0 N–H and O–H groups in total. The van der Waals surface area contributed by atoms with Gasteiger partial charge in [0.25, 0.3) is 0 Å². The van der Waals surface area contributed by atoms with Crippen molar-refractivity contribution in [3.05, 3.63) is 36.5 Å². The van der Waals surface area contributed by atoms with E-state index in [2.05, 4.69) is 57.2 Å². The molecule has 0 amide bonds. The lowest BCUT2D eigenvalue weighted by Crippen LogP contribution is -2.30. The van der Waals surface area contributed by atoms with Crippen molar-refractivity contribution in [2.45, 2.75) is 412 Å². The molecule has 0 aromatic heterocycles. The standard InChI is InChI=1S/C75H140O6/c1-4-7-10-13-16-19-22-25-28-31-34-36-37-38-39-42-44-47-50-53-56-59-62-65-68-74(77)80-71-72(70-79-73(76)67-64-61-58-55-52-49-46-43-40-33-30-27-24-21-18-15-12-9-6-3)81-75(78)69-66-63-60-57-54-51-48-45-41-35-32-29-26-23-20-17-14-11-8-5-2/h18,21,27,30,40,43,72H,4-17,19-20,22-26,28-29,31-39,41-42,44-71H2,1-3H3/b21-18-,30-27-,43-40-. The third-order valence-electron chi connectivity index (χ3n) is 16.6. The summed E-state index contributed by atoms with van der Waals surface area (Å²) in [7, 11) is 0. The van der Waals surface area contributed by atoms with Crippen LogP contribution in [0.25, 0.3) is 0 Å². The third-order valence-corrected chi connectivity index (χ3v) is 16.6. The average molecular weight is 1140 g/mol. The van der Waals surface area contributed by atoms with E-state index in [1.165, 1.54) is 289 Å². The number of carbonyl (C=O) groups excluding carboxylic acids is 3. The van der Waals surface area contributed by atoms with Crippen LogP contribution in [-0.4, -0.2) is 37.2 Å². The van der Waals surface area contributed by atoms with E-state index in [1.54, 1.807) is 0 Å². The lowest BCUT2D eigenvalue weighted by atomic mass is 10.0. The van der Waals surface area contributed by atoms with E-state index in [4.69, 9.17) is 14.2 Å². The molecule has 6 heteroatoms. The lowest BCUT2D eigenvalue weighted by Gasteiger charge is -2.18. The van der Waals surface area contributed by atoms with Gasteiger partial charge in [0, 0.05) is 19.3 Å². The first-order valence-electron chi connectivity index (χ1n) is 36.5. The molecule has 1 atom stereocenters. The monoisotopic (exact) mass is 1140 g/mol. The van der Waals surface area contributed by atoms with Crippen molar-refractivity contribution >= 4 is 17.9 Å². The van der Waals surface area contributed by atoms with Crippen LogP contribution in [-0.2, 0) is 28.6 Å². The molecule has 0 aliphatic carbocycles. The second-order valence-corrected chi connectivity index (χ2v) is 24.9.